The average molecular weight is 289 g/mol. The molecule has 0 saturated heterocycles. The summed E-state index contributed by atoms with van der Waals surface area (Å²) in [5.74, 6) is -0.188. The van der Waals surface area contributed by atoms with E-state index in [9.17, 15) is 9.59 Å². The maximum atomic E-state index is 11.1. The van der Waals surface area contributed by atoms with Crippen LogP contribution in [-0.2, 0) is 9.59 Å². The van der Waals surface area contributed by atoms with Crippen molar-refractivity contribution in [3.8, 4) is 0 Å². The highest BCUT2D eigenvalue weighted by Crippen LogP contribution is 2.22. The lowest BCUT2D eigenvalue weighted by Crippen LogP contribution is -2.36. The van der Waals surface area contributed by atoms with Gasteiger partial charge in [-0.2, -0.15) is 5.10 Å². The van der Waals surface area contributed by atoms with Crippen LogP contribution >= 0.6 is 0 Å². The zero-order valence-corrected chi connectivity index (χ0v) is 12.1. The number of nitrogens with two attached hydrogens (primary N) is 1. The molecule has 21 heavy (non-hydrogen) atoms. The molecule has 7 nitrogen and oxygen atoms in total. The van der Waals surface area contributed by atoms with Crippen molar-refractivity contribution in [1.82, 2.24) is 10.7 Å². The van der Waals surface area contributed by atoms with Crippen molar-refractivity contribution in [1.29, 1.82) is 0 Å². The highest BCUT2D eigenvalue weighted by atomic mass is 16.2. The minimum Gasteiger partial charge on any atom is -0.397 e. The first-order chi connectivity index (χ1) is 9.95. The number of hydrogen-bond donors (Lipinski definition) is 4. The van der Waals surface area contributed by atoms with Crippen LogP contribution < -0.4 is 21.8 Å². The highest BCUT2D eigenvalue weighted by molar-refractivity contribution is 6.05. The topological polar surface area (TPSA) is 109 Å². The first-order valence-corrected chi connectivity index (χ1v) is 6.74. The molecule has 0 bridgehead atoms. The molecule has 1 unspecified atom stereocenters. The van der Waals surface area contributed by atoms with Gasteiger partial charge in [-0.25, -0.2) is 5.43 Å². The number of hydrogen-bond acceptors (Lipinski definition) is 5. The normalized spacial score (nSPS) is 15.7. The second-order valence-corrected chi connectivity index (χ2v) is 4.96. The number of anilines is 2. The van der Waals surface area contributed by atoms with Crippen molar-refractivity contribution >= 4 is 28.9 Å². The number of carbonyl (C=O) groups is 2. The van der Waals surface area contributed by atoms with Crippen molar-refractivity contribution in [3.05, 3.63) is 23.8 Å². The van der Waals surface area contributed by atoms with Crippen LogP contribution in [-0.4, -0.2) is 23.7 Å². The molecular weight excluding hydrogens is 270 g/mol. The lowest BCUT2D eigenvalue weighted by atomic mass is 10.0. The second-order valence-electron chi connectivity index (χ2n) is 4.96. The third-order valence-corrected chi connectivity index (χ3v) is 3.08. The van der Waals surface area contributed by atoms with Gasteiger partial charge in [-0.3, -0.25) is 9.59 Å². The van der Waals surface area contributed by atoms with Gasteiger partial charge in [0, 0.05) is 19.8 Å². The fourth-order valence-corrected chi connectivity index (χ4v) is 2.13. The molecule has 0 aromatic heterocycles. The maximum Gasteiger partial charge on any atom is 0.240 e. The molecule has 2 rings (SSSR count). The van der Waals surface area contributed by atoms with Crippen LogP contribution in [0.4, 0.5) is 11.4 Å². The quantitative estimate of drug-likeness (QED) is 0.485. The molecule has 2 amide bonds. The lowest BCUT2D eigenvalue weighted by Gasteiger charge is -2.18. The van der Waals surface area contributed by atoms with Gasteiger partial charge in [-0.05, 0) is 24.6 Å². The Morgan fingerprint density at radius 2 is 2.19 bits per heavy atom. The molecule has 0 radical (unpaired) electrons. The Morgan fingerprint density at radius 3 is 2.76 bits per heavy atom. The van der Waals surface area contributed by atoms with Gasteiger partial charge < -0.3 is 16.4 Å². The van der Waals surface area contributed by atoms with Crippen LogP contribution in [0.3, 0.4) is 0 Å². The molecule has 1 aromatic rings. The van der Waals surface area contributed by atoms with Crippen molar-refractivity contribution in [2.75, 3.05) is 11.1 Å². The van der Waals surface area contributed by atoms with Crippen LogP contribution in [0.5, 0.6) is 0 Å². The predicted octanol–water partition coefficient (Wildman–Crippen LogP) is 0.777. The minimum absolute atomic E-state index is 0.0749. The molecule has 0 aliphatic carbocycles. The van der Waals surface area contributed by atoms with Crippen LogP contribution in [0.1, 0.15) is 32.3 Å². The Balaban J connectivity index is 2.10. The van der Waals surface area contributed by atoms with Gasteiger partial charge in [0.2, 0.25) is 11.8 Å². The Morgan fingerprint density at radius 1 is 1.43 bits per heavy atom. The summed E-state index contributed by atoms with van der Waals surface area (Å²) in [6, 6.07) is 5.52. The zero-order valence-electron chi connectivity index (χ0n) is 12.1. The summed E-state index contributed by atoms with van der Waals surface area (Å²) in [6.45, 7) is 3.29. The van der Waals surface area contributed by atoms with Crippen LogP contribution in [0.2, 0.25) is 0 Å². The van der Waals surface area contributed by atoms with E-state index in [0.29, 0.717) is 18.5 Å². The summed E-state index contributed by atoms with van der Waals surface area (Å²) in [7, 11) is 0. The number of hydrazone groups is 1. The van der Waals surface area contributed by atoms with Crippen LogP contribution in [0.25, 0.3) is 0 Å². The molecule has 7 heteroatoms. The smallest absolute Gasteiger partial charge is 0.240 e. The maximum absolute atomic E-state index is 11.1. The SMILES string of the molecule is CC(=O)NC(C)Nc1ccc(C2=NNC(=O)CC2)cc1N. The minimum atomic E-state index is -0.220. The molecule has 5 N–H and O–H groups in total. The molecule has 0 spiro atoms. The average Bonchev–Trinajstić information content (AvgIpc) is 2.41. The number of nitrogens with one attached hydrogen (secondary N) is 3. The third-order valence-electron chi connectivity index (χ3n) is 3.08. The second kappa shape index (κ2) is 6.25. The van der Waals surface area contributed by atoms with Crippen molar-refractivity contribution < 1.29 is 9.59 Å². The Bertz CT molecular complexity index is 597. The van der Waals surface area contributed by atoms with Gasteiger partial charge in [0.05, 0.1) is 23.3 Å². The largest absolute Gasteiger partial charge is 0.397 e. The number of rotatable bonds is 4. The van der Waals surface area contributed by atoms with E-state index in [2.05, 4.69) is 21.2 Å². The van der Waals surface area contributed by atoms with Crippen molar-refractivity contribution in [3.63, 3.8) is 0 Å². The van der Waals surface area contributed by atoms with Gasteiger partial charge in [-0.15, -0.1) is 0 Å². The summed E-state index contributed by atoms with van der Waals surface area (Å²) in [5, 5.41) is 9.87. The Hall–Kier alpha value is -2.57. The molecule has 112 valence electrons. The molecule has 1 aliphatic heterocycles. The zero-order chi connectivity index (χ0) is 15.4. The summed E-state index contributed by atoms with van der Waals surface area (Å²) in [6.07, 6.45) is 0.806. The predicted molar refractivity (Wildman–Crippen MR) is 81.7 cm³/mol. The van der Waals surface area contributed by atoms with E-state index in [1.807, 2.05) is 19.1 Å². The summed E-state index contributed by atoms with van der Waals surface area (Å²) in [4.78, 5) is 22.1. The van der Waals surface area contributed by atoms with E-state index >= 15 is 0 Å². The fraction of sp³-hybridized carbons (Fsp3) is 0.357. The lowest BCUT2D eigenvalue weighted by molar-refractivity contribution is -0.121. The first kappa shape index (κ1) is 14.8. The number of nitrogens with zero attached hydrogens (tertiary/aromatic N) is 1. The Kier molecular flexibility index (Phi) is 4.42. The first-order valence-electron chi connectivity index (χ1n) is 6.74. The van der Waals surface area contributed by atoms with Gasteiger partial charge in [0.1, 0.15) is 0 Å². The monoisotopic (exact) mass is 289 g/mol. The summed E-state index contributed by atoms with van der Waals surface area (Å²) >= 11 is 0. The van der Waals surface area contributed by atoms with Crippen molar-refractivity contribution in [2.24, 2.45) is 5.10 Å². The molecule has 0 saturated carbocycles. The summed E-state index contributed by atoms with van der Waals surface area (Å²) < 4.78 is 0. The molecule has 0 fully saturated rings. The van der Waals surface area contributed by atoms with Gasteiger partial charge in [0.25, 0.3) is 0 Å². The number of carbonyl (C=O) groups excluding carboxylic acids is 2. The van der Waals surface area contributed by atoms with E-state index in [4.69, 9.17) is 5.73 Å². The van der Waals surface area contributed by atoms with E-state index in [1.165, 1.54) is 6.92 Å². The number of nitrogen functional groups attached to an aromatic ring is 1. The standard InChI is InChI=1S/C14H19N5O2/c1-8(16-9(2)20)17-13-4-3-10(7-11(13)15)12-5-6-14(21)19-18-12/h3-4,7-8,17H,5-6,15H2,1-2H3,(H,16,20)(H,19,21). The summed E-state index contributed by atoms with van der Waals surface area (Å²) in [5.41, 5.74) is 11.5. The third kappa shape index (κ3) is 3.95. The molecular formula is C14H19N5O2. The van der Waals surface area contributed by atoms with E-state index in [-0.39, 0.29) is 18.0 Å². The molecule has 1 heterocycles. The van der Waals surface area contributed by atoms with Gasteiger partial charge >= 0.3 is 0 Å². The molecule has 1 aromatic carbocycles. The van der Waals surface area contributed by atoms with Gasteiger partial charge in [-0.1, -0.05) is 6.07 Å². The van der Waals surface area contributed by atoms with E-state index < -0.39 is 0 Å². The number of amides is 2. The molecule has 1 aliphatic rings. The van der Waals surface area contributed by atoms with E-state index in [0.717, 1.165) is 17.0 Å². The van der Waals surface area contributed by atoms with Crippen LogP contribution in [0, 0.1) is 0 Å². The van der Waals surface area contributed by atoms with Crippen molar-refractivity contribution in [2.45, 2.75) is 32.9 Å². The molecule has 1 atom stereocenters. The highest BCUT2D eigenvalue weighted by Gasteiger charge is 2.14. The van der Waals surface area contributed by atoms with Crippen LogP contribution in [0.15, 0.2) is 23.3 Å². The fourth-order valence-electron chi connectivity index (χ4n) is 2.13. The Labute approximate surface area is 123 Å². The van der Waals surface area contributed by atoms with E-state index in [1.54, 1.807) is 6.07 Å². The van der Waals surface area contributed by atoms with Gasteiger partial charge in [0.15, 0.2) is 0 Å². The number of benzene rings is 1.